The number of anilines is 1. The van der Waals surface area contributed by atoms with Crippen molar-refractivity contribution in [2.45, 2.75) is 24.5 Å². The number of methoxy groups -OCH3 is 1. The Bertz CT molecular complexity index is 1130. The maximum atomic E-state index is 12.9. The van der Waals surface area contributed by atoms with Crippen LogP contribution in [0, 0.1) is 6.92 Å². The molecule has 0 radical (unpaired) electrons. The zero-order valence-electron chi connectivity index (χ0n) is 18.6. The molecule has 9 nitrogen and oxygen atoms in total. The van der Waals surface area contributed by atoms with Gasteiger partial charge in [0.2, 0.25) is 5.91 Å². The summed E-state index contributed by atoms with van der Waals surface area (Å²) in [6.45, 7) is 1.96. The first-order valence-corrected chi connectivity index (χ1v) is 11.1. The van der Waals surface area contributed by atoms with E-state index < -0.39 is 12.0 Å². The third kappa shape index (κ3) is 6.91. The molecule has 0 aliphatic carbocycles. The van der Waals surface area contributed by atoms with Gasteiger partial charge in [-0.15, -0.1) is 10.2 Å². The van der Waals surface area contributed by atoms with E-state index in [1.54, 1.807) is 42.2 Å². The monoisotopic (exact) mass is 467 g/mol. The summed E-state index contributed by atoms with van der Waals surface area (Å²) < 4.78 is 6.51. The summed E-state index contributed by atoms with van der Waals surface area (Å²) in [5, 5.41) is 14.0. The minimum atomic E-state index is -0.549. The molecule has 1 aromatic heterocycles. The van der Waals surface area contributed by atoms with Gasteiger partial charge in [-0.25, -0.2) is 0 Å². The highest BCUT2D eigenvalue weighted by molar-refractivity contribution is 7.99. The van der Waals surface area contributed by atoms with Gasteiger partial charge in [-0.3, -0.25) is 14.4 Å². The Balaban J connectivity index is 1.66. The molecule has 1 unspecified atom stereocenters. The molecule has 1 atom stereocenters. The number of hydrogen-bond acceptors (Lipinski definition) is 7. The van der Waals surface area contributed by atoms with Gasteiger partial charge in [-0.05, 0) is 30.7 Å². The van der Waals surface area contributed by atoms with Crippen molar-refractivity contribution in [3.05, 3.63) is 71.5 Å². The Kier molecular flexibility index (Phi) is 8.20. The molecule has 0 fully saturated rings. The summed E-state index contributed by atoms with van der Waals surface area (Å²) in [5.41, 5.74) is 2.72. The van der Waals surface area contributed by atoms with Crippen molar-refractivity contribution in [1.29, 1.82) is 0 Å². The van der Waals surface area contributed by atoms with E-state index in [1.807, 2.05) is 31.2 Å². The highest BCUT2D eigenvalue weighted by Gasteiger charge is 2.20. The number of hydrogen-bond donors (Lipinski definition) is 2. The van der Waals surface area contributed by atoms with Crippen LogP contribution in [-0.2, 0) is 21.4 Å². The van der Waals surface area contributed by atoms with Gasteiger partial charge in [-0.2, -0.15) is 0 Å². The maximum Gasteiger partial charge on any atom is 0.307 e. The molecule has 0 saturated heterocycles. The molecular weight excluding hydrogens is 442 g/mol. The van der Waals surface area contributed by atoms with Crippen molar-refractivity contribution >= 4 is 35.2 Å². The Morgan fingerprint density at radius 3 is 2.58 bits per heavy atom. The Labute approximate surface area is 195 Å². The van der Waals surface area contributed by atoms with E-state index in [9.17, 15) is 14.4 Å². The molecule has 2 N–H and O–H groups in total. The average molecular weight is 468 g/mol. The fourth-order valence-corrected chi connectivity index (χ4v) is 3.70. The van der Waals surface area contributed by atoms with Crippen molar-refractivity contribution in [1.82, 2.24) is 20.1 Å². The van der Waals surface area contributed by atoms with Crippen molar-refractivity contribution in [2.24, 2.45) is 7.05 Å². The lowest BCUT2D eigenvalue weighted by molar-refractivity contribution is -0.141. The van der Waals surface area contributed by atoms with Crippen LogP contribution in [0.2, 0.25) is 0 Å². The molecule has 2 amide bonds. The average Bonchev–Trinajstić information content (AvgIpc) is 3.22. The number of nitrogens with zero attached hydrogens (tertiary/aromatic N) is 3. The first-order chi connectivity index (χ1) is 15.9. The van der Waals surface area contributed by atoms with Gasteiger partial charge in [0.15, 0.2) is 5.16 Å². The van der Waals surface area contributed by atoms with Crippen LogP contribution in [0.5, 0.6) is 0 Å². The van der Waals surface area contributed by atoms with Crippen molar-refractivity contribution in [3.63, 3.8) is 0 Å². The van der Waals surface area contributed by atoms with Crippen LogP contribution in [0.15, 0.2) is 60.0 Å². The second kappa shape index (κ2) is 11.3. The normalized spacial score (nSPS) is 11.5. The fourth-order valence-electron chi connectivity index (χ4n) is 3.01. The van der Waals surface area contributed by atoms with Gasteiger partial charge < -0.3 is 19.9 Å². The topological polar surface area (TPSA) is 115 Å². The van der Waals surface area contributed by atoms with Crippen LogP contribution >= 0.6 is 11.8 Å². The van der Waals surface area contributed by atoms with E-state index in [0.717, 1.165) is 11.1 Å². The SMILES string of the molecule is COC(=O)CC(NC(=O)c1cccc(NC(=O)CSc2nncn2C)c1)c1ccc(C)cc1. The zero-order chi connectivity index (χ0) is 23.8. The van der Waals surface area contributed by atoms with Crippen LogP contribution < -0.4 is 10.6 Å². The second-order valence-corrected chi connectivity index (χ2v) is 8.30. The maximum absolute atomic E-state index is 12.9. The van der Waals surface area contributed by atoms with Crippen LogP contribution in [0.3, 0.4) is 0 Å². The molecule has 33 heavy (non-hydrogen) atoms. The van der Waals surface area contributed by atoms with Gasteiger partial charge in [0.25, 0.3) is 5.91 Å². The summed E-state index contributed by atoms with van der Waals surface area (Å²) >= 11 is 1.26. The van der Waals surface area contributed by atoms with Crippen LogP contribution in [0.1, 0.15) is 33.9 Å². The van der Waals surface area contributed by atoms with Gasteiger partial charge in [-0.1, -0.05) is 47.7 Å². The van der Waals surface area contributed by atoms with Crippen LogP contribution in [0.25, 0.3) is 0 Å². The number of ether oxygens (including phenoxy) is 1. The lowest BCUT2D eigenvalue weighted by atomic mass is 10.0. The number of nitrogens with one attached hydrogen (secondary N) is 2. The third-order valence-electron chi connectivity index (χ3n) is 4.79. The van der Waals surface area contributed by atoms with Crippen LogP contribution in [-0.4, -0.2) is 45.4 Å². The molecule has 0 saturated carbocycles. The summed E-state index contributed by atoms with van der Waals surface area (Å²) in [6.07, 6.45) is 1.56. The largest absolute Gasteiger partial charge is 0.469 e. The van der Waals surface area contributed by atoms with E-state index in [0.29, 0.717) is 16.4 Å². The minimum Gasteiger partial charge on any atom is -0.469 e. The molecular formula is C23H25N5O4S. The predicted molar refractivity (Wildman–Crippen MR) is 125 cm³/mol. The smallest absolute Gasteiger partial charge is 0.307 e. The predicted octanol–water partition coefficient (Wildman–Crippen LogP) is 2.89. The lowest BCUT2D eigenvalue weighted by Crippen LogP contribution is -2.30. The summed E-state index contributed by atoms with van der Waals surface area (Å²) in [7, 11) is 3.11. The number of amides is 2. The summed E-state index contributed by atoms with van der Waals surface area (Å²) in [6, 6.07) is 13.6. The number of carbonyl (C=O) groups excluding carboxylic acids is 3. The molecule has 0 aliphatic heterocycles. The molecule has 172 valence electrons. The highest BCUT2D eigenvalue weighted by Crippen LogP contribution is 2.20. The molecule has 3 aromatic rings. The van der Waals surface area contributed by atoms with Crippen molar-refractivity contribution in [2.75, 3.05) is 18.2 Å². The number of carbonyl (C=O) groups is 3. The Hall–Kier alpha value is -3.66. The molecule has 0 spiro atoms. The van der Waals surface area contributed by atoms with Gasteiger partial charge in [0, 0.05) is 18.3 Å². The number of rotatable bonds is 9. The zero-order valence-corrected chi connectivity index (χ0v) is 19.4. The molecule has 1 heterocycles. The lowest BCUT2D eigenvalue weighted by Gasteiger charge is -2.19. The molecule has 0 aliphatic rings. The van der Waals surface area contributed by atoms with Crippen LogP contribution in [0.4, 0.5) is 5.69 Å². The first-order valence-electron chi connectivity index (χ1n) is 10.2. The molecule has 10 heteroatoms. The van der Waals surface area contributed by atoms with E-state index in [2.05, 4.69) is 20.8 Å². The first kappa shape index (κ1) is 24.0. The van der Waals surface area contributed by atoms with E-state index in [4.69, 9.17) is 4.74 Å². The van der Waals surface area contributed by atoms with Gasteiger partial charge >= 0.3 is 5.97 Å². The number of aryl methyl sites for hydroxylation is 2. The molecule has 2 aromatic carbocycles. The Morgan fingerprint density at radius 2 is 1.91 bits per heavy atom. The van der Waals surface area contributed by atoms with E-state index in [-0.39, 0.29) is 24.0 Å². The third-order valence-corrected chi connectivity index (χ3v) is 5.83. The number of aromatic nitrogens is 3. The standard InChI is InChI=1S/C23H25N5O4S/c1-15-7-9-16(10-8-15)19(12-21(30)32-3)26-22(31)17-5-4-6-18(11-17)25-20(29)13-33-23-27-24-14-28(23)2/h4-11,14,19H,12-13H2,1-3H3,(H,25,29)(H,26,31). The highest BCUT2D eigenvalue weighted by atomic mass is 32.2. The summed E-state index contributed by atoms with van der Waals surface area (Å²) in [5.74, 6) is -0.877. The van der Waals surface area contributed by atoms with Crippen molar-refractivity contribution in [3.8, 4) is 0 Å². The number of thioether (sulfide) groups is 1. The van der Waals surface area contributed by atoms with E-state index in [1.165, 1.54) is 18.9 Å². The Morgan fingerprint density at radius 1 is 1.15 bits per heavy atom. The number of esters is 1. The van der Waals surface area contributed by atoms with E-state index >= 15 is 0 Å². The van der Waals surface area contributed by atoms with Gasteiger partial charge in [0.1, 0.15) is 6.33 Å². The molecule has 0 bridgehead atoms. The minimum absolute atomic E-state index is 0.000990. The van der Waals surface area contributed by atoms with Gasteiger partial charge in [0.05, 0.1) is 25.3 Å². The second-order valence-electron chi connectivity index (χ2n) is 7.36. The van der Waals surface area contributed by atoms with Crippen molar-refractivity contribution < 1.29 is 19.1 Å². The quantitative estimate of drug-likeness (QED) is 0.367. The summed E-state index contributed by atoms with van der Waals surface area (Å²) in [4.78, 5) is 37.1. The fraction of sp³-hybridized carbons (Fsp3) is 0.261. The molecule has 3 rings (SSSR count). The number of benzene rings is 2.